The predicted octanol–water partition coefficient (Wildman–Crippen LogP) is 1.50. The highest BCUT2D eigenvalue weighted by Crippen LogP contribution is 2.19. The van der Waals surface area contributed by atoms with Crippen molar-refractivity contribution in [3.63, 3.8) is 0 Å². The summed E-state index contributed by atoms with van der Waals surface area (Å²) >= 11 is 0. The predicted molar refractivity (Wildman–Crippen MR) is 80.0 cm³/mol. The molecular weight excluding hydrogens is 256 g/mol. The summed E-state index contributed by atoms with van der Waals surface area (Å²) in [6.45, 7) is 6.95. The first-order valence-corrected chi connectivity index (χ1v) is 7.06. The second-order valence-corrected chi connectivity index (χ2v) is 5.06. The minimum absolute atomic E-state index is 0.230. The average molecular weight is 282 g/mol. The molecule has 0 fully saturated rings. The van der Waals surface area contributed by atoms with E-state index in [2.05, 4.69) is 5.32 Å². The molecule has 0 radical (unpaired) electrons. The van der Waals surface area contributed by atoms with Crippen LogP contribution in [0.5, 0.6) is 11.5 Å². The Morgan fingerprint density at radius 1 is 1.15 bits per heavy atom. The van der Waals surface area contributed by atoms with Gasteiger partial charge in [0.15, 0.2) is 6.23 Å². The van der Waals surface area contributed by atoms with Crippen molar-refractivity contribution in [3.05, 3.63) is 24.3 Å². The van der Waals surface area contributed by atoms with E-state index in [1.54, 1.807) is 6.92 Å². The summed E-state index contributed by atoms with van der Waals surface area (Å²) in [5, 5.41) is 12.9. The van der Waals surface area contributed by atoms with Gasteiger partial charge in [-0.15, -0.1) is 0 Å². The van der Waals surface area contributed by atoms with Gasteiger partial charge in [0.05, 0.1) is 6.61 Å². The van der Waals surface area contributed by atoms with Crippen LogP contribution in [0.2, 0.25) is 0 Å². The van der Waals surface area contributed by atoms with Gasteiger partial charge in [-0.3, -0.25) is 5.32 Å². The maximum Gasteiger partial charge on any atom is 0.176 e. The topological polar surface area (TPSA) is 76.7 Å². The Morgan fingerprint density at radius 3 is 2.25 bits per heavy atom. The molecule has 5 nitrogen and oxygen atoms in total. The van der Waals surface area contributed by atoms with Crippen LogP contribution < -0.4 is 20.5 Å². The van der Waals surface area contributed by atoms with Crippen LogP contribution in [0, 0.1) is 0 Å². The summed E-state index contributed by atoms with van der Waals surface area (Å²) in [6, 6.07) is 7.58. The van der Waals surface area contributed by atoms with Gasteiger partial charge in [-0.05, 0) is 58.0 Å². The molecule has 1 rings (SSSR count). The summed E-state index contributed by atoms with van der Waals surface area (Å²) in [4.78, 5) is 0. The Hall–Kier alpha value is -1.30. The Balaban J connectivity index is 2.54. The van der Waals surface area contributed by atoms with E-state index in [1.807, 2.05) is 38.1 Å². The number of aliphatic hydroxyl groups excluding tert-OH is 1. The van der Waals surface area contributed by atoms with Gasteiger partial charge < -0.3 is 20.3 Å². The monoisotopic (exact) mass is 282 g/mol. The molecule has 0 bridgehead atoms. The molecule has 0 aromatic heterocycles. The number of rotatable bonds is 9. The highest BCUT2D eigenvalue weighted by atomic mass is 16.5. The molecule has 114 valence electrons. The number of hydrogen-bond donors (Lipinski definition) is 3. The SMILES string of the molecule is CC(C)NC(Oc1ccc(OCCCN)cc1)C(C)O. The van der Waals surface area contributed by atoms with Crippen molar-refractivity contribution in [3.8, 4) is 11.5 Å². The van der Waals surface area contributed by atoms with E-state index in [-0.39, 0.29) is 6.04 Å². The van der Waals surface area contributed by atoms with Crippen LogP contribution in [0.3, 0.4) is 0 Å². The molecular formula is C15H26N2O3. The second-order valence-electron chi connectivity index (χ2n) is 5.06. The Labute approximate surface area is 121 Å². The quantitative estimate of drug-likeness (QED) is 0.472. The van der Waals surface area contributed by atoms with Gasteiger partial charge >= 0.3 is 0 Å². The molecule has 4 N–H and O–H groups in total. The number of nitrogens with one attached hydrogen (secondary N) is 1. The fraction of sp³-hybridized carbons (Fsp3) is 0.600. The Kier molecular flexibility index (Phi) is 7.36. The van der Waals surface area contributed by atoms with Gasteiger partial charge in [0, 0.05) is 6.04 Å². The molecule has 2 unspecified atom stereocenters. The Bertz CT molecular complexity index is 366. The van der Waals surface area contributed by atoms with Crippen LogP contribution in [0.1, 0.15) is 27.2 Å². The maximum absolute atomic E-state index is 9.70. The first-order chi connectivity index (χ1) is 9.52. The summed E-state index contributed by atoms with van der Waals surface area (Å²) in [7, 11) is 0. The second kappa shape index (κ2) is 8.79. The van der Waals surface area contributed by atoms with Crippen molar-refractivity contribution >= 4 is 0 Å². The lowest BCUT2D eigenvalue weighted by atomic mass is 10.3. The molecule has 20 heavy (non-hydrogen) atoms. The van der Waals surface area contributed by atoms with Crippen LogP contribution in [-0.4, -0.2) is 36.6 Å². The molecule has 2 atom stereocenters. The van der Waals surface area contributed by atoms with Crippen molar-refractivity contribution in [1.29, 1.82) is 0 Å². The summed E-state index contributed by atoms with van der Waals surface area (Å²) in [6.07, 6.45) is -0.197. The fourth-order valence-electron chi connectivity index (χ4n) is 1.63. The van der Waals surface area contributed by atoms with Crippen LogP contribution in [-0.2, 0) is 0 Å². The van der Waals surface area contributed by atoms with Gasteiger partial charge in [-0.25, -0.2) is 0 Å². The number of ether oxygens (including phenoxy) is 2. The fourth-order valence-corrected chi connectivity index (χ4v) is 1.63. The summed E-state index contributed by atoms with van der Waals surface area (Å²) < 4.78 is 11.2. The van der Waals surface area contributed by atoms with Gasteiger partial charge in [0.2, 0.25) is 0 Å². The van der Waals surface area contributed by atoms with Crippen molar-refractivity contribution in [1.82, 2.24) is 5.32 Å². The third-order valence-electron chi connectivity index (χ3n) is 2.64. The minimum Gasteiger partial charge on any atom is -0.494 e. The molecule has 0 heterocycles. The molecule has 5 heteroatoms. The smallest absolute Gasteiger partial charge is 0.176 e. The maximum atomic E-state index is 9.70. The van der Waals surface area contributed by atoms with E-state index in [0.29, 0.717) is 18.9 Å². The van der Waals surface area contributed by atoms with Gasteiger partial charge in [0.25, 0.3) is 0 Å². The van der Waals surface area contributed by atoms with Crippen LogP contribution in [0.25, 0.3) is 0 Å². The minimum atomic E-state index is -0.599. The van der Waals surface area contributed by atoms with E-state index < -0.39 is 12.3 Å². The molecule has 0 aliphatic rings. The van der Waals surface area contributed by atoms with E-state index in [1.165, 1.54) is 0 Å². The van der Waals surface area contributed by atoms with Crippen LogP contribution in [0.4, 0.5) is 0 Å². The zero-order chi connectivity index (χ0) is 15.0. The van der Waals surface area contributed by atoms with E-state index in [9.17, 15) is 5.11 Å². The molecule has 0 aliphatic heterocycles. The third-order valence-corrected chi connectivity index (χ3v) is 2.64. The van der Waals surface area contributed by atoms with E-state index in [4.69, 9.17) is 15.2 Å². The highest BCUT2D eigenvalue weighted by Gasteiger charge is 2.17. The largest absolute Gasteiger partial charge is 0.494 e. The summed E-state index contributed by atoms with van der Waals surface area (Å²) in [5.74, 6) is 1.48. The van der Waals surface area contributed by atoms with Gasteiger partial charge in [0.1, 0.15) is 17.6 Å². The molecule has 1 aromatic carbocycles. The number of hydrogen-bond acceptors (Lipinski definition) is 5. The standard InChI is InChI=1S/C15H26N2O3/c1-11(2)17-15(12(3)18)20-14-7-5-13(6-8-14)19-10-4-9-16/h5-8,11-12,15,17-18H,4,9-10,16H2,1-3H3. The van der Waals surface area contributed by atoms with Crippen molar-refractivity contribution in [2.75, 3.05) is 13.2 Å². The number of nitrogens with two attached hydrogens (primary N) is 1. The Morgan fingerprint density at radius 2 is 1.75 bits per heavy atom. The molecule has 0 saturated heterocycles. The lowest BCUT2D eigenvalue weighted by Crippen LogP contribution is -2.46. The highest BCUT2D eigenvalue weighted by molar-refractivity contribution is 5.31. The molecule has 0 amide bonds. The van der Waals surface area contributed by atoms with Crippen molar-refractivity contribution < 1.29 is 14.6 Å². The lowest BCUT2D eigenvalue weighted by Gasteiger charge is -2.25. The zero-order valence-electron chi connectivity index (χ0n) is 12.5. The van der Waals surface area contributed by atoms with Crippen LogP contribution in [0.15, 0.2) is 24.3 Å². The number of benzene rings is 1. The normalized spacial score (nSPS) is 14.1. The first-order valence-electron chi connectivity index (χ1n) is 7.06. The van der Waals surface area contributed by atoms with Gasteiger partial charge in [-0.1, -0.05) is 0 Å². The third kappa shape index (κ3) is 6.23. The molecule has 1 aromatic rings. The van der Waals surface area contributed by atoms with E-state index in [0.717, 1.165) is 12.2 Å². The van der Waals surface area contributed by atoms with Crippen molar-refractivity contribution in [2.45, 2.75) is 45.6 Å². The first kappa shape index (κ1) is 16.8. The molecule has 0 aliphatic carbocycles. The summed E-state index contributed by atoms with van der Waals surface area (Å²) in [5.41, 5.74) is 5.41. The lowest BCUT2D eigenvalue weighted by molar-refractivity contribution is 0.0218. The van der Waals surface area contributed by atoms with E-state index >= 15 is 0 Å². The molecule has 0 spiro atoms. The van der Waals surface area contributed by atoms with Gasteiger partial charge in [-0.2, -0.15) is 0 Å². The zero-order valence-corrected chi connectivity index (χ0v) is 12.5. The van der Waals surface area contributed by atoms with Crippen molar-refractivity contribution in [2.24, 2.45) is 5.73 Å². The number of aliphatic hydroxyl groups is 1. The average Bonchev–Trinajstić information content (AvgIpc) is 2.39. The molecule has 0 saturated carbocycles. The van der Waals surface area contributed by atoms with Crippen LogP contribution >= 0.6 is 0 Å².